The van der Waals surface area contributed by atoms with Crippen LogP contribution in [-0.2, 0) is 9.84 Å². The lowest BCUT2D eigenvalue weighted by atomic mass is 9.70. The van der Waals surface area contributed by atoms with E-state index in [9.17, 15) is 5.11 Å². The molecule has 1 aromatic rings. The molecule has 2 fully saturated rings. The van der Waals surface area contributed by atoms with Crippen molar-refractivity contribution in [2.45, 2.75) is 52.4 Å². The topological polar surface area (TPSA) is 29.1 Å². The Labute approximate surface area is 115 Å². The fourth-order valence-corrected chi connectivity index (χ4v) is 4.17. The third-order valence-electron chi connectivity index (χ3n) is 6.07. The first-order chi connectivity index (χ1) is 8.95. The molecule has 2 aliphatic rings. The molecule has 0 heterocycles. The Kier molecular flexibility index (Phi) is 2.99. The first-order valence-corrected chi connectivity index (χ1v) is 7.31. The molecular weight excluding hydrogens is 236 g/mol. The summed E-state index contributed by atoms with van der Waals surface area (Å²) in [4.78, 5) is 0. The van der Waals surface area contributed by atoms with Gasteiger partial charge in [0.05, 0.1) is 6.10 Å². The molecule has 1 radical (unpaired) electrons. The molecule has 1 aromatic carbocycles. The van der Waals surface area contributed by atoms with Gasteiger partial charge in [-0.2, -0.15) is 5.11 Å². The summed E-state index contributed by atoms with van der Waals surface area (Å²) in [5.74, 6) is 0.713. The molecule has 0 amide bonds. The third kappa shape index (κ3) is 1.85. The number of ether oxygens (including phenoxy) is 1. The Morgan fingerprint density at radius 1 is 1.21 bits per heavy atom. The lowest BCUT2D eigenvalue weighted by Gasteiger charge is -2.39. The van der Waals surface area contributed by atoms with E-state index in [1.165, 1.54) is 12.8 Å². The Balaban J connectivity index is 1.76. The zero-order valence-electron chi connectivity index (χ0n) is 12.1. The quantitative estimate of drug-likeness (QED) is 0.742. The average molecular weight is 259 g/mol. The molecule has 2 heteroatoms. The van der Waals surface area contributed by atoms with E-state index in [0.29, 0.717) is 11.3 Å². The predicted octanol–water partition coefficient (Wildman–Crippen LogP) is 4.35. The molecule has 0 N–H and O–H groups in total. The minimum atomic E-state index is -1.04. The summed E-state index contributed by atoms with van der Waals surface area (Å²) in [6.45, 7) is 7.00. The number of benzene rings is 1. The van der Waals surface area contributed by atoms with E-state index in [4.69, 9.17) is 4.74 Å². The van der Waals surface area contributed by atoms with E-state index in [0.717, 1.165) is 12.0 Å². The maximum atomic E-state index is 12.3. The molecule has 2 saturated carbocycles. The highest BCUT2D eigenvalue weighted by Crippen LogP contribution is 2.66. The maximum Gasteiger partial charge on any atom is 0.217 e. The molecule has 0 aromatic heterocycles. The van der Waals surface area contributed by atoms with E-state index < -0.39 is 6.29 Å². The van der Waals surface area contributed by atoms with E-state index >= 15 is 0 Å². The highest BCUT2D eigenvalue weighted by atomic mass is 16.6. The van der Waals surface area contributed by atoms with Crippen molar-refractivity contribution in [1.82, 2.24) is 0 Å². The summed E-state index contributed by atoms with van der Waals surface area (Å²) in [6.07, 6.45) is 2.60. The van der Waals surface area contributed by atoms with E-state index in [2.05, 4.69) is 20.8 Å². The van der Waals surface area contributed by atoms with Crippen LogP contribution in [0.4, 0.5) is 0 Å². The number of hydrogen-bond acceptors (Lipinski definition) is 1. The summed E-state index contributed by atoms with van der Waals surface area (Å²) in [7, 11) is 0. The summed E-state index contributed by atoms with van der Waals surface area (Å²) < 4.78 is 5.91. The van der Waals surface area contributed by atoms with Crippen molar-refractivity contribution in [2.24, 2.45) is 16.7 Å². The molecule has 4 unspecified atom stereocenters. The smallest absolute Gasteiger partial charge is 0.217 e. The third-order valence-corrected chi connectivity index (χ3v) is 6.07. The number of fused-ring (bicyclic) bond motifs is 2. The van der Waals surface area contributed by atoms with Crippen LogP contribution < -0.4 is 0 Å². The van der Waals surface area contributed by atoms with Crippen molar-refractivity contribution in [3.8, 4) is 0 Å². The van der Waals surface area contributed by atoms with Crippen LogP contribution in [0.2, 0.25) is 0 Å². The molecule has 2 aliphatic carbocycles. The summed E-state index contributed by atoms with van der Waals surface area (Å²) >= 11 is 0. The standard InChI is InChI=1S/C17H23O2/c1-16(2)13-9-10-17(16,3)14(11-13)19-15(18)12-7-5-4-6-8-12/h4-8,13-15H,9-11H2,1-3H3. The fourth-order valence-electron chi connectivity index (χ4n) is 4.17. The minimum absolute atomic E-state index is 0.115. The zero-order valence-corrected chi connectivity index (χ0v) is 12.1. The molecule has 103 valence electrons. The van der Waals surface area contributed by atoms with Crippen LogP contribution in [0.25, 0.3) is 0 Å². The van der Waals surface area contributed by atoms with Crippen LogP contribution in [0.15, 0.2) is 30.3 Å². The van der Waals surface area contributed by atoms with Crippen LogP contribution >= 0.6 is 0 Å². The maximum absolute atomic E-state index is 12.3. The van der Waals surface area contributed by atoms with Crippen LogP contribution in [0.5, 0.6) is 0 Å². The van der Waals surface area contributed by atoms with E-state index in [1.54, 1.807) is 0 Å². The normalized spacial score (nSPS) is 37.5. The number of hydrogen-bond donors (Lipinski definition) is 0. The monoisotopic (exact) mass is 259 g/mol. The van der Waals surface area contributed by atoms with Crippen LogP contribution in [0.1, 0.15) is 51.9 Å². The Bertz CT molecular complexity index is 454. The van der Waals surface area contributed by atoms with Gasteiger partial charge in [-0.15, -0.1) is 0 Å². The predicted molar refractivity (Wildman–Crippen MR) is 74.0 cm³/mol. The largest absolute Gasteiger partial charge is 0.342 e. The lowest BCUT2D eigenvalue weighted by molar-refractivity contribution is -0.203. The second kappa shape index (κ2) is 4.32. The van der Waals surface area contributed by atoms with Gasteiger partial charge in [-0.3, -0.25) is 0 Å². The van der Waals surface area contributed by atoms with Gasteiger partial charge in [0.25, 0.3) is 0 Å². The van der Waals surface area contributed by atoms with Crippen molar-refractivity contribution in [3.63, 3.8) is 0 Å². The molecular formula is C17H23O2. The van der Waals surface area contributed by atoms with Crippen molar-refractivity contribution in [2.75, 3.05) is 0 Å². The van der Waals surface area contributed by atoms with Gasteiger partial charge in [-0.1, -0.05) is 51.1 Å². The van der Waals surface area contributed by atoms with Crippen molar-refractivity contribution >= 4 is 0 Å². The Morgan fingerprint density at radius 2 is 1.89 bits per heavy atom. The van der Waals surface area contributed by atoms with Gasteiger partial charge in [0, 0.05) is 5.56 Å². The SMILES string of the molecule is CC1(C)C2CCC1(C)C(OC([O])c1ccccc1)C2. The van der Waals surface area contributed by atoms with Gasteiger partial charge in [0.2, 0.25) is 6.29 Å². The molecule has 2 nitrogen and oxygen atoms in total. The highest BCUT2D eigenvalue weighted by Gasteiger charge is 2.62. The summed E-state index contributed by atoms with van der Waals surface area (Å²) in [6, 6.07) is 9.45. The fraction of sp³-hybridized carbons (Fsp3) is 0.647. The highest BCUT2D eigenvalue weighted by molar-refractivity contribution is 5.16. The molecule has 0 saturated heterocycles. The minimum Gasteiger partial charge on any atom is -0.342 e. The molecule has 0 spiro atoms. The van der Waals surface area contributed by atoms with Crippen LogP contribution in [0.3, 0.4) is 0 Å². The first kappa shape index (κ1) is 13.1. The summed E-state index contributed by atoms with van der Waals surface area (Å²) in [5.41, 5.74) is 1.20. The van der Waals surface area contributed by atoms with Gasteiger partial charge in [-0.05, 0) is 36.0 Å². The van der Waals surface area contributed by atoms with Crippen LogP contribution in [0, 0.1) is 16.7 Å². The van der Waals surface area contributed by atoms with Gasteiger partial charge < -0.3 is 4.74 Å². The Hall–Kier alpha value is -0.860. The Morgan fingerprint density at radius 3 is 2.42 bits per heavy atom. The van der Waals surface area contributed by atoms with Gasteiger partial charge in [0.15, 0.2) is 0 Å². The van der Waals surface area contributed by atoms with E-state index in [-0.39, 0.29) is 11.5 Å². The van der Waals surface area contributed by atoms with Crippen LogP contribution in [-0.4, -0.2) is 6.10 Å². The molecule has 0 aliphatic heterocycles. The average Bonchev–Trinajstić information content (AvgIpc) is 2.73. The van der Waals surface area contributed by atoms with Gasteiger partial charge >= 0.3 is 0 Å². The second-order valence-electron chi connectivity index (χ2n) is 6.98. The molecule has 19 heavy (non-hydrogen) atoms. The van der Waals surface area contributed by atoms with Gasteiger partial charge in [-0.25, -0.2) is 0 Å². The molecule has 2 bridgehead atoms. The molecule has 3 rings (SSSR count). The summed E-state index contributed by atoms with van der Waals surface area (Å²) in [5, 5.41) is 12.3. The molecule has 4 atom stereocenters. The van der Waals surface area contributed by atoms with E-state index in [1.807, 2.05) is 30.3 Å². The van der Waals surface area contributed by atoms with Crippen molar-refractivity contribution in [3.05, 3.63) is 35.9 Å². The van der Waals surface area contributed by atoms with Crippen molar-refractivity contribution < 1.29 is 9.84 Å². The van der Waals surface area contributed by atoms with Gasteiger partial charge in [0.1, 0.15) is 0 Å². The van der Waals surface area contributed by atoms with Crippen molar-refractivity contribution in [1.29, 1.82) is 0 Å². The number of rotatable bonds is 3. The first-order valence-electron chi connectivity index (χ1n) is 7.31. The second-order valence-corrected chi connectivity index (χ2v) is 6.98. The lowest BCUT2D eigenvalue weighted by Crippen LogP contribution is -2.37. The zero-order chi connectivity index (χ0) is 13.7.